The summed E-state index contributed by atoms with van der Waals surface area (Å²) in [5.41, 5.74) is 0. The van der Waals surface area contributed by atoms with E-state index < -0.39 is 0 Å². The molecule has 0 saturated carbocycles. The van der Waals surface area contributed by atoms with Crippen LogP contribution in [0.1, 0.15) is 32.1 Å². The predicted molar refractivity (Wildman–Crippen MR) is 77.5 cm³/mol. The van der Waals surface area contributed by atoms with Crippen LogP contribution in [0.3, 0.4) is 0 Å². The fraction of sp³-hybridized carbons (Fsp3) is 0.933. The summed E-state index contributed by atoms with van der Waals surface area (Å²) in [5, 5.41) is 8.79. The highest BCUT2D eigenvalue weighted by atomic mass is 16.5. The van der Waals surface area contributed by atoms with Gasteiger partial charge in [-0.25, -0.2) is 0 Å². The number of piperidine rings is 1. The van der Waals surface area contributed by atoms with Crippen LogP contribution in [0.5, 0.6) is 0 Å². The molecule has 0 aliphatic carbocycles. The summed E-state index contributed by atoms with van der Waals surface area (Å²) < 4.78 is 5.31. The lowest BCUT2D eigenvalue weighted by Gasteiger charge is -2.36. The van der Waals surface area contributed by atoms with E-state index in [-0.39, 0.29) is 12.5 Å². The summed E-state index contributed by atoms with van der Waals surface area (Å²) in [6.45, 7) is 6.26. The molecular formula is C15H28N2O3. The van der Waals surface area contributed by atoms with Gasteiger partial charge in [-0.1, -0.05) is 0 Å². The van der Waals surface area contributed by atoms with Gasteiger partial charge in [-0.15, -0.1) is 0 Å². The number of amides is 1. The van der Waals surface area contributed by atoms with Crippen molar-refractivity contribution in [3.05, 3.63) is 0 Å². The maximum atomic E-state index is 12.5. The molecule has 20 heavy (non-hydrogen) atoms. The molecule has 1 N–H and O–H groups in total. The molecule has 0 aromatic rings. The lowest BCUT2D eigenvalue weighted by Crippen LogP contribution is -2.48. The zero-order valence-electron chi connectivity index (χ0n) is 12.4. The van der Waals surface area contributed by atoms with Crippen molar-refractivity contribution in [2.24, 2.45) is 5.92 Å². The van der Waals surface area contributed by atoms with Crippen molar-refractivity contribution in [2.75, 3.05) is 52.5 Å². The third-order valence-electron chi connectivity index (χ3n) is 4.31. The summed E-state index contributed by atoms with van der Waals surface area (Å²) >= 11 is 0. The largest absolute Gasteiger partial charge is 0.396 e. The van der Waals surface area contributed by atoms with E-state index >= 15 is 0 Å². The third-order valence-corrected chi connectivity index (χ3v) is 4.31. The number of unbranched alkanes of at least 4 members (excludes halogenated alkanes) is 2. The van der Waals surface area contributed by atoms with Gasteiger partial charge in [0, 0.05) is 26.2 Å². The SMILES string of the molecule is O=C(C1CCCN(CCCCCO)C1)N1CCOCC1. The molecule has 2 aliphatic heterocycles. The molecule has 1 atom stereocenters. The van der Waals surface area contributed by atoms with E-state index in [1.54, 1.807) is 0 Å². The van der Waals surface area contributed by atoms with Crippen molar-refractivity contribution in [1.29, 1.82) is 0 Å². The van der Waals surface area contributed by atoms with Crippen molar-refractivity contribution < 1.29 is 14.6 Å². The molecule has 2 heterocycles. The van der Waals surface area contributed by atoms with E-state index in [2.05, 4.69) is 4.90 Å². The van der Waals surface area contributed by atoms with Gasteiger partial charge < -0.3 is 19.6 Å². The summed E-state index contributed by atoms with van der Waals surface area (Å²) in [4.78, 5) is 16.9. The van der Waals surface area contributed by atoms with Crippen LogP contribution in [0.2, 0.25) is 0 Å². The first kappa shape index (κ1) is 15.7. The molecule has 1 amide bonds. The minimum absolute atomic E-state index is 0.180. The highest BCUT2D eigenvalue weighted by Gasteiger charge is 2.29. The van der Waals surface area contributed by atoms with E-state index in [4.69, 9.17) is 9.84 Å². The molecule has 0 bridgehead atoms. The Morgan fingerprint density at radius 1 is 1.15 bits per heavy atom. The van der Waals surface area contributed by atoms with Gasteiger partial charge in [-0.3, -0.25) is 4.79 Å². The topological polar surface area (TPSA) is 53.0 Å². The van der Waals surface area contributed by atoms with E-state index in [9.17, 15) is 4.79 Å². The molecule has 5 nitrogen and oxygen atoms in total. The summed E-state index contributed by atoms with van der Waals surface area (Å²) in [7, 11) is 0. The maximum absolute atomic E-state index is 12.5. The smallest absolute Gasteiger partial charge is 0.227 e. The number of rotatable bonds is 6. The Balaban J connectivity index is 1.73. The van der Waals surface area contributed by atoms with Crippen LogP contribution in [0.15, 0.2) is 0 Å². The van der Waals surface area contributed by atoms with Gasteiger partial charge in [0.2, 0.25) is 5.91 Å². The zero-order valence-corrected chi connectivity index (χ0v) is 12.4. The Labute approximate surface area is 121 Å². The van der Waals surface area contributed by atoms with Gasteiger partial charge in [0.25, 0.3) is 0 Å². The number of nitrogens with zero attached hydrogens (tertiary/aromatic N) is 2. The van der Waals surface area contributed by atoms with Gasteiger partial charge in [0.15, 0.2) is 0 Å². The number of ether oxygens (including phenoxy) is 1. The number of likely N-dealkylation sites (tertiary alicyclic amines) is 1. The number of carbonyl (C=O) groups is 1. The average Bonchev–Trinajstić information content (AvgIpc) is 2.52. The molecule has 0 aromatic heterocycles. The predicted octanol–water partition coefficient (Wildman–Crippen LogP) is 0.720. The Kier molecular flexibility index (Phi) is 6.76. The van der Waals surface area contributed by atoms with Crippen LogP contribution < -0.4 is 0 Å². The van der Waals surface area contributed by atoms with E-state index in [1.807, 2.05) is 4.90 Å². The van der Waals surface area contributed by atoms with E-state index in [0.717, 1.165) is 64.8 Å². The second kappa shape index (κ2) is 8.60. The van der Waals surface area contributed by atoms with Crippen molar-refractivity contribution in [3.8, 4) is 0 Å². The quantitative estimate of drug-likeness (QED) is 0.730. The van der Waals surface area contributed by atoms with Crippen molar-refractivity contribution in [2.45, 2.75) is 32.1 Å². The Bertz CT molecular complexity index is 293. The first-order valence-corrected chi connectivity index (χ1v) is 8.01. The van der Waals surface area contributed by atoms with Crippen LogP contribution in [0.25, 0.3) is 0 Å². The lowest BCUT2D eigenvalue weighted by molar-refractivity contribution is -0.141. The van der Waals surface area contributed by atoms with Crippen LogP contribution in [0.4, 0.5) is 0 Å². The third kappa shape index (κ3) is 4.72. The van der Waals surface area contributed by atoms with Gasteiger partial charge in [-0.2, -0.15) is 0 Å². The van der Waals surface area contributed by atoms with Gasteiger partial charge in [-0.05, 0) is 45.2 Å². The molecule has 0 radical (unpaired) electrons. The molecule has 1 unspecified atom stereocenters. The van der Waals surface area contributed by atoms with Gasteiger partial charge in [0.1, 0.15) is 0 Å². The number of aliphatic hydroxyl groups excluding tert-OH is 1. The summed E-state index contributed by atoms with van der Waals surface area (Å²) in [6.07, 6.45) is 5.25. The lowest BCUT2D eigenvalue weighted by atomic mass is 9.96. The van der Waals surface area contributed by atoms with Crippen LogP contribution in [0, 0.1) is 5.92 Å². The molecule has 0 spiro atoms. The highest BCUT2D eigenvalue weighted by Crippen LogP contribution is 2.20. The maximum Gasteiger partial charge on any atom is 0.227 e. The van der Waals surface area contributed by atoms with Crippen LogP contribution in [-0.2, 0) is 9.53 Å². The van der Waals surface area contributed by atoms with E-state index in [1.165, 1.54) is 0 Å². The average molecular weight is 284 g/mol. The standard InChI is InChI=1S/C15H28N2O3/c18-10-3-1-2-6-16-7-4-5-14(13-16)15(19)17-8-11-20-12-9-17/h14,18H,1-13H2. The fourth-order valence-corrected chi connectivity index (χ4v) is 3.13. The summed E-state index contributed by atoms with van der Waals surface area (Å²) in [6, 6.07) is 0. The second-order valence-corrected chi connectivity index (χ2v) is 5.86. The first-order chi connectivity index (χ1) is 9.81. The molecule has 2 rings (SSSR count). The Morgan fingerprint density at radius 2 is 1.95 bits per heavy atom. The highest BCUT2D eigenvalue weighted by molar-refractivity contribution is 5.79. The summed E-state index contributed by atoms with van der Waals surface area (Å²) in [5.74, 6) is 0.507. The first-order valence-electron chi connectivity index (χ1n) is 8.01. The van der Waals surface area contributed by atoms with Crippen LogP contribution in [-0.4, -0.2) is 73.4 Å². The number of carbonyl (C=O) groups excluding carboxylic acids is 1. The van der Waals surface area contributed by atoms with E-state index in [0.29, 0.717) is 19.1 Å². The molecule has 5 heteroatoms. The van der Waals surface area contributed by atoms with Crippen molar-refractivity contribution >= 4 is 5.91 Å². The molecule has 116 valence electrons. The Morgan fingerprint density at radius 3 is 2.70 bits per heavy atom. The monoisotopic (exact) mass is 284 g/mol. The molecular weight excluding hydrogens is 256 g/mol. The van der Waals surface area contributed by atoms with Gasteiger partial charge >= 0.3 is 0 Å². The normalized spacial score (nSPS) is 24.9. The molecule has 2 saturated heterocycles. The molecule has 0 aromatic carbocycles. The minimum Gasteiger partial charge on any atom is -0.396 e. The number of hydrogen-bond acceptors (Lipinski definition) is 4. The second-order valence-electron chi connectivity index (χ2n) is 5.86. The number of aliphatic hydroxyl groups is 1. The fourth-order valence-electron chi connectivity index (χ4n) is 3.13. The van der Waals surface area contributed by atoms with Crippen molar-refractivity contribution in [1.82, 2.24) is 9.80 Å². The van der Waals surface area contributed by atoms with Crippen molar-refractivity contribution in [3.63, 3.8) is 0 Å². The zero-order chi connectivity index (χ0) is 14.2. The molecule has 2 fully saturated rings. The molecule has 2 aliphatic rings. The number of morpholine rings is 1. The van der Waals surface area contributed by atoms with Gasteiger partial charge in [0.05, 0.1) is 19.1 Å². The number of hydrogen-bond donors (Lipinski definition) is 1. The minimum atomic E-state index is 0.180. The Hall–Kier alpha value is -0.650. The van der Waals surface area contributed by atoms with Crippen LogP contribution >= 0.6 is 0 Å².